The van der Waals surface area contributed by atoms with Gasteiger partial charge in [-0.2, -0.15) is 0 Å². The van der Waals surface area contributed by atoms with Gasteiger partial charge >= 0.3 is 0 Å². The number of hydrogen-bond donors (Lipinski definition) is 1. The van der Waals surface area contributed by atoms with Gasteiger partial charge in [0.25, 0.3) is 0 Å². The molecule has 1 aliphatic heterocycles. The number of aryl methyl sites for hydroxylation is 1. The first-order valence-electron chi connectivity index (χ1n) is 4.64. The van der Waals surface area contributed by atoms with E-state index in [1.165, 1.54) is 6.33 Å². The topological polar surface area (TPSA) is 70.3 Å². The molecule has 1 aromatic heterocycles. The fourth-order valence-electron chi connectivity index (χ4n) is 1.41. The van der Waals surface area contributed by atoms with Crippen LogP contribution in [-0.4, -0.2) is 29.5 Å². The smallest absolute Gasteiger partial charge is 0.158 e. The Hall–Kier alpha value is -1.20. The van der Waals surface area contributed by atoms with Gasteiger partial charge in [-0.3, -0.25) is 0 Å². The third kappa shape index (κ3) is 2.18. The van der Waals surface area contributed by atoms with E-state index >= 15 is 0 Å². The molecule has 0 aliphatic carbocycles. The van der Waals surface area contributed by atoms with E-state index in [0.717, 1.165) is 18.4 Å². The summed E-state index contributed by atoms with van der Waals surface area (Å²) in [5, 5.41) is 0. The Morgan fingerprint density at radius 2 is 2.21 bits per heavy atom. The summed E-state index contributed by atoms with van der Waals surface area (Å²) in [5.41, 5.74) is 6.62. The standard InChI is InChI=1S/C9H13N3O2/c10-9-7(5-11-6-12-9)1-2-8-13-3-4-14-8/h5-6,8H,1-4H2,(H2,10,11,12). The van der Waals surface area contributed by atoms with Crippen molar-refractivity contribution in [1.82, 2.24) is 9.97 Å². The maximum atomic E-state index is 5.67. The van der Waals surface area contributed by atoms with E-state index in [4.69, 9.17) is 15.2 Å². The lowest BCUT2D eigenvalue weighted by Crippen LogP contribution is -2.10. The summed E-state index contributed by atoms with van der Waals surface area (Å²) in [6, 6.07) is 0. The molecule has 2 rings (SSSR count). The molecule has 1 fully saturated rings. The average Bonchev–Trinajstić information content (AvgIpc) is 2.69. The molecule has 0 unspecified atom stereocenters. The van der Waals surface area contributed by atoms with Gasteiger partial charge in [0.05, 0.1) is 13.2 Å². The molecule has 0 saturated carbocycles. The third-order valence-electron chi connectivity index (χ3n) is 2.16. The molecule has 2 N–H and O–H groups in total. The SMILES string of the molecule is Nc1ncncc1CCC1OCCO1. The number of nitrogen functional groups attached to an aromatic ring is 1. The molecule has 0 atom stereocenters. The third-order valence-corrected chi connectivity index (χ3v) is 2.16. The predicted octanol–water partition coefficient (Wildman–Crippen LogP) is 0.364. The second-order valence-electron chi connectivity index (χ2n) is 3.14. The predicted molar refractivity (Wildman–Crippen MR) is 50.5 cm³/mol. The fourth-order valence-corrected chi connectivity index (χ4v) is 1.41. The molecule has 5 heteroatoms. The van der Waals surface area contributed by atoms with Crippen LogP contribution in [0.25, 0.3) is 0 Å². The van der Waals surface area contributed by atoms with Gasteiger partial charge in [-0.05, 0) is 6.42 Å². The summed E-state index contributed by atoms with van der Waals surface area (Å²) in [4.78, 5) is 7.83. The molecule has 2 heterocycles. The number of aromatic nitrogens is 2. The van der Waals surface area contributed by atoms with Gasteiger partial charge in [0.2, 0.25) is 0 Å². The van der Waals surface area contributed by atoms with Gasteiger partial charge in [0.15, 0.2) is 6.29 Å². The molecular weight excluding hydrogens is 182 g/mol. The van der Waals surface area contributed by atoms with E-state index in [9.17, 15) is 0 Å². The summed E-state index contributed by atoms with van der Waals surface area (Å²) in [6.45, 7) is 1.37. The highest BCUT2D eigenvalue weighted by Crippen LogP contribution is 2.14. The van der Waals surface area contributed by atoms with Crippen molar-refractivity contribution < 1.29 is 9.47 Å². The lowest BCUT2D eigenvalue weighted by molar-refractivity contribution is -0.0461. The van der Waals surface area contributed by atoms with Crippen LogP contribution in [0.5, 0.6) is 0 Å². The minimum absolute atomic E-state index is 0.0883. The molecule has 1 aromatic rings. The lowest BCUT2D eigenvalue weighted by Gasteiger charge is -2.08. The van der Waals surface area contributed by atoms with Crippen LogP contribution in [0.3, 0.4) is 0 Å². The van der Waals surface area contributed by atoms with E-state index in [1.54, 1.807) is 6.20 Å². The summed E-state index contributed by atoms with van der Waals surface area (Å²) in [5.74, 6) is 0.540. The normalized spacial score (nSPS) is 17.4. The van der Waals surface area contributed by atoms with Gasteiger partial charge in [-0.15, -0.1) is 0 Å². The van der Waals surface area contributed by atoms with Crippen molar-refractivity contribution >= 4 is 5.82 Å². The first-order chi connectivity index (χ1) is 6.86. The number of hydrogen-bond acceptors (Lipinski definition) is 5. The van der Waals surface area contributed by atoms with E-state index in [0.29, 0.717) is 19.0 Å². The Morgan fingerprint density at radius 3 is 2.93 bits per heavy atom. The van der Waals surface area contributed by atoms with Crippen LogP contribution < -0.4 is 5.73 Å². The molecule has 1 aliphatic rings. The van der Waals surface area contributed by atoms with Crippen molar-refractivity contribution in [3.63, 3.8) is 0 Å². The number of anilines is 1. The van der Waals surface area contributed by atoms with E-state index in [2.05, 4.69) is 9.97 Å². The molecular formula is C9H13N3O2. The number of rotatable bonds is 3. The van der Waals surface area contributed by atoms with Crippen LogP contribution in [-0.2, 0) is 15.9 Å². The Kier molecular flexibility index (Phi) is 2.90. The average molecular weight is 195 g/mol. The zero-order valence-electron chi connectivity index (χ0n) is 7.85. The molecule has 0 bridgehead atoms. The Bertz CT molecular complexity index is 300. The van der Waals surface area contributed by atoms with Crippen molar-refractivity contribution in [1.29, 1.82) is 0 Å². The minimum Gasteiger partial charge on any atom is -0.383 e. The zero-order chi connectivity index (χ0) is 9.80. The second kappa shape index (κ2) is 4.34. The first kappa shape index (κ1) is 9.36. The Labute approximate surface area is 82.3 Å². The van der Waals surface area contributed by atoms with Crippen molar-refractivity contribution in [3.05, 3.63) is 18.1 Å². The van der Waals surface area contributed by atoms with Gasteiger partial charge < -0.3 is 15.2 Å². The highest BCUT2D eigenvalue weighted by atomic mass is 16.7. The van der Waals surface area contributed by atoms with Crippen LogP contribution in [0.15, 0.2) is 12.5 Å². The lowest BCUT2D eigenvalue weighted by atomic mass is 10.2. The van der Waals surface area contributed by atoms with E-state index < -0.39 is 0 Å². The first-order valence-corrected chi connectivity index (χ1v) is 4.64. The largest absolute Gasteiger partial charge is 0.383 e. The van der Waals surface area contributed by atoms with Gasteiger partial charge in [0.1, 0.15) is 12.1 Å². The summed E-state index contributed by atoms with van der Waals surface area (Å²) < 4.78 is 10.6. The fraction of sp³-hybridized carbons (Fsp3) is 0.556. The summed E-state index contributed by atoms with van der Waals surface area (Å²) in [6.07, 6.45) is 4.68. The van der Waals surface area contributed by atoms with Crippen LogP contribution in [0, 0.1) is 0 Å². The van der Waals surface area contributed by atoms with Crippen molar-refractivity contribution in [2.75, 3.05) is 18.9 Å². The quantitative estimate of drug-likeness (QED) is 0.754. The molecule has 1 saturated heterocycles. The maximum Gasteiger partial charge on any atom is 0.158 e. The Morgan fingerprint density at radius 1 is 1.43 bits per heavy atom. The van der Waals surface area contributed by atoms with Crippen LogP contribution in [0.1, 0.15) is 12.0 Å². The van der Waals surface area contributed by atoms with Crippen LogP contribution in [0.2, 0.25) is 0 Å². The van der Waals surface area contributed by atoms with E-state index in [1.807, 2.05) is 0 Å². The highest BCUT2D eigenvalue weighted by molar-refractivity contribution is 5.36. The Balaban J connectivity index is 1.88. The van der Waals surface area contributed by atoms with Crippen molar-refractivity contribution in [2.45, 2.75) is 19.1 Å². The van der Waals surface area contributed by atoms with Gasteiger partial charge in [-0.1, -0.05) is 0 Å². The molecule has 0 amide bonds. The summed E-state index contributed by atoms with van der Waals surface area (Å²) >= 11 is 0. The van der Waals surface area contributed by atoms with Gasteiger partial charge in [0, 0.05) is 18.2 Å². The molecule has 5 nitrogen and oxygen atoms in total. The van der Waals surface area contributed by atoms with Crippen LogP contribution in [0.4, 0.5) is 5.82 Å². The number of nitrogens with zero attached hydrogens (tertiary/aromatic N) is 2. The number of nitrogens with two attached hydrogens (primary N) is 1. The summed E-state index contributed by atoms with van der Waals surface area (Å²) in [7, 11) is 0. The zero-order valence-corrected chi connectivity index (χ0v) is 7.85. The molecule has 76 valence electrons. The van der Waals surface area contributed by atoms with E-state index in [-0.39, 0.29) is 6.29 Å². The van der Waals surface area contributed by atoms with Crippen molar-refractivity contribution in [3.8, 4) is 0 Å². The van der Waals surface area contributed by atoms with Crippen LogP contribution >= 0.6 is 0 Å². The molecule has 0 aromatic carbocycles. The monoisotopic (exact) mass is 195 g/mol. The highest BCUT2D eigenvalue weighted by Gasteiger charge is 2.15. The van der Waals surface area contributed by atoms with Crippen molar-refractivity contribution in [2.24, 2.45) is 0 Å². The second-order valence-corrected chi connectivity index (χ2v) is 3.14. The molecule has 0 radical (unpaired) electrons. The molecule has 0 spiro atoms. The number of ether oxygens (including phenoxy) is 2. The molecule has 14 heavy (non-hydrogen) atoms. The maximum absolute atomic E-state index is 5.67. The minimum atomic E-state index is -0.0883. The van der Waals surface area contributed by atoms with Gasteiger partial charge in [-0.25, -0.2) is 9.97 Å².